The highest BCUT2D eigenvalue weighted by atomic mass is 35.5. The highest BCUT2D eigenvalue weighted by Gasteiger charge is 2.19. The van der Waals surface area contributed by atoms with E-state index in [0.29, 0.717) is 13.2 Å². The third-order valence-corrected chi connectivity index (χ3v) is 2.64. The summed E-state index contributed by atoms with van der Waals surface area (Å²) in [6, 6.07) is 10.3. The van der Waals surface area contributed by atoms with E-state index in [1.54, 1.807) is 0 Å². The Hall–Kier alpha value is -0.640. The van der Waals surface area contributed by atoms with Crippen LogP contribution in [0.2, 0.25) is 0 Å². The van der Waals surface area contributed by atoms with Gasteiger partial charge >= 0.3 is 0 Å². The van der Waals surface area contributed by atoms with Crippen LogP contribution in [-0.4, -0.2) is 37.4 Å². The van der Waals surface area contributed by atoms with Gasteiger partial charge in [-0.15, -0.1) is 12.4 Å². The van der Waals surface area contributed by atoms with E-state index in [-0.39, 0.29) is 25.2 Å². The summed E-state index contributed by atoms with van der Waals surface area (Å²) in [4.78, 5) is 2.24. The summed E-state index contributed by atoms with van der Waals surface area (Å²) in [5.74, 6) is 0. The van der Waals surface area contributed by atoms with Crippen molar-refractivity contribution in [3.63, 3.8) is 0 Å². The number of hydrogen-bond donors (Lipinski definition) is 0. The van der Waals surface area contributed by atoms with Gasteiger partial charge < -0.3 is 4.74 Å². The lowest BCUT2D eigenvalue weighted by molar-refractivity contribution is -0.0412. The SMILES string of the molecule is Cl.FCC1CN(Cc2ccccc2)CCO1. The lowest BCUT2D eigenvalue weighted by atomic mass is 10.2. The molecule has 1 heterocycles. The molecule has 1 saturated heterocycles. The summed E-state index contributed by atoms with van der Waals surface area (Å²) in [5, 5.41) is 0. The summed E-state index contributed by atoms with van der Waals surface area (Å²) in [5.41, 5.74) is 1.28. The summed E-state index contributed by atoms with van der Waals surface area (Å²) in [6.45, 7) is 2.74. The molecule has 1 unspecified atom stereocenters. The van der Waals surface area contributed by atoms with Gasteiger partial charge in [-0.2, -0.15) is 0 Å². The van der Waals surface area contributed by atoms with Crippen molar-refractivity contribution >= 4 is 12.4 Å². The van der Waals surface area contributed by atoms with Gasteiger partial charge in [0.05, 0.1) is 12.7 Å². The molecular formula is C12H17ClFNO. The maximum atomic E-state index is 12.4. The third kappa shape index (κ3) is 3.74. The Kier molecular flexibility index (Phi) is 5.74. The quantitative estimate of drug-likeness (QED) is 0.810. The zero-order chi connectivity index (χ0) is 10.5. The Labute approximate surface area is 102 Å². The molecule has 1 fully saturated rings. The topological polar surface area (TPSA) is 12.5 Å². The van der Waals surface area contributed by atoms with Crippen LogP contribution in [0.4, 0.5) is 4.39 Å². The monoisotopic (exact) mass is 245 g/mol. The van der Waals surface area contributed by atoms with Gasteiger partial charge in [-0.25, -0.2) is 4.39 Å². The predicted molar refractivity (Wildman–Crippen MR) is 64.7 cm³/mol. The molecule has 1 aromatic carbocycles. The average Bonchev–Trinajstić information content (AvgIpc) is 2.31. The predicted octanol–water partition coefficient (Wildman–Crippen LogP) is 2.28. The van der Waals surface area contributed by atoms with E-state index in [2.05, 4.69) is 17.0 Å². The zero-order valence-corrected chi connectivity index (χ0v) is 9.96. The highest BCUT2D eigenvalue weighted by molar-refractivity contribution is 5.85. The Bertz CT molecular complexity index is 296. The number of ether oxygens (including phenoxy) is 1. The first-order valence-electron chi connectivity index (χ1n) is 5.32. The number of morpholine rings is 1. The van der Waals surface area contributed by atoms with Gasteiger partial charge in [-0.1, -0.05) is 30.3 Å². The molecule has 0 aromatic heterocycles. The molecule has 1 atom stereocenters. The van der Waals surface area contributed by atoms with Gasteiger partial charge in [-0.3, -0.25) is 4.90 Å². The van der Waals surface area contributed by atoms with Crippen molar-refractivity contribution in [2.45, 2.75) is 12.6 Å². The lowest BCUT2D eigenvalue weighted by Crippen LogP contribution is -2.42. The largest absolute Gasteiger partial charge is 0.373 e. The Morgan fingerprint density at radius 3 is 2.75 bits per heavy atom. The minimum atomic E-state index is -0.384. The maximum Gasteiger partial charge on any atom is 0.117 e. The number of nitrogens with zero attached hydrogens (tertiary/aromatic N) is 1. The van der Waals surface area contributed by atoms with Crippen molar-refractivity contribution < 1.29 is 9.13 Å². The second-order valence-corrected chi connectivity index (χ2v) is 3.87. The van der Waals surface area contributed by atoms with E-state index in [9.17, 15) is 4.39 Å². The molecule has 2 rings (SSSR count). The summed E-state index contributed by atoms with van der Waals surface area (Å²) in [6.07, 6.45) is -0.234. The highest BCUT2D eigenvalue weighted by Crippen LogP contribution is 2.10. The van der Waals surface area contributed by atoms with Crippen molar-refractivity contribution in [1.29, 1.82) is 0 Å². The number of halogens is 2. The van der Waals surface area contributed by atoms with E-state index in [1.807, 2.05) is 18.2 Å². The van der Waals surface area contributed by atoms with Crippen molar-refractivity contribution in [3.8, 4) is 0 Å². The molecular weight excluding hydrogens is 229 g/mol. The first-order valence-corrected chi connectivity index (χ1v) is 5.32. The van der Waals surface area contributed by atoms with Crippen LogP contribution < -0.4 is 0 Å². The van der Waals surface area contributed by atoms with Crippen LogP contribution in [0.25, 0.3) is 0 Å². The molecule has 2 nitrogen and oxygen atoms in total. The van der Waals surface area contributed by atoms with E-state index < -0.39 is 0 Å². The maximum absolute atomic E-state index is 12.4. The van der Waals surface area contributed by atoms with Gasteiger partial charge in [0, 0.05) is 19.6 Å². The van der Waals surface area contributed by atoms with Gasteiger partial charge in [0.25, 0.3) is 0 Å². The fourth-order valence-electron chi connectivity index (χ4n) is 1.86. The van der Waals surface area contributed by atoms with E-state index >= 15 is 0 Å². The fraction of sp³-hybridized carbons (Fsp3) is 0.500. The standard InChI is InChI=1S/C12H16FNO.ClH/c13-8-12-10-14(6-7-15-12)9-11-4-2-1-3-5-11;/h1-5,12H,6-10H2;1H. The summed E-state index contributed by atoms with van der Waals surface area (Å²) < 4.78 is 17.7. The number of alkyl halides is 1. The first-order chi connectivity index (χ1) is 7.38. The number of rotatable bonds is 3. The minimum Gasteiger partial charge on any atom is -0.373 e. The van der Waals surface area contributed by atoms with Gasteiger partial charge in [0.1, 0.15) is 6.67 Å². The Morgan fingerprint density at radius 1 is 1.31 bits per heavy atom. The average molecular weight is 246 g/mol. The van der Waals surface area contributed by atoms with Crippen LogP contribution in [0.3, 0.4) is 0 Å². The van der Waals surface area contributed by atoms with Crippen molar-refractivity contribution in [3.05, 3.63) is 35.9 Å². The third-order valence-electron chi connectivity index (χ3n) is 2.64. The smallest absolute Gasteiger partial charge is 0.117 e. The van der Waals surface area contributed by atoms with Gasteiger partial charge in [-0.05, 0) is 5.56 Å². The van der Waals surface area contributed by atoms with Crippen LogP contribution in [0.5, 0.6) is 0 Å². The fourth-order valence-corrected chi connectivity index (χ4v) is 1.86. The first kappa shape index (κ1) is 13.4. The van der Waals surface area contributed by atoms with Crippen LogP contribution in [-0.2, 0) is 11.3 Å². The Balaban J connectivity index is 0.00000128. The molecule has 1 aliphatic heterocycles. The molecule has 1 aliphatic rings. The van der Waals surface area contributed by atoms with Crippen molar-refractivity contribution in [2.24, 2.45) is 0 Å². The van der Waals surface area contributed by atoms with E-state index in [4.69, 9.17) is 4.74 Å². The normalized spacial score (nSPS) is 21.4. The molecule has 0 radical (unpaired) electrons. The van der Waals surface area contributed by atoms with Gasteiger partial charge in [0.15, 0.2) is 0 Å². The van der Waals surface area contributed by atoms with Crippen LogP contribution in [0.1, 0.15) is 5.56 Å². The second-order valence-electron chi connectivity index (χ2n) is 3.87. The molecule has 0 bridgehead atoms. The number of benzene rings is 1. The zero-order valence-electron chi connectivity index (χ0n) is 9.14. The number of hydrogen-bond acceptors (Lipinski definition) is 2. The summed E-state index contributed by atoms with van der Waals surface area (Å²) in [7, 11) is 0. The minimum absolute atomic E-state index is 0. The molecule has 0 N–H and O–H groups in total. The molecule has 16 heavy (non-hydrogen) atoms. The van der Waals surface area contributed by atoms with Crippen molar-refractivity contribution in [1.82, 2.24) is 4.90 Å². The molecule has 1 aromatic rings. The van der Waals surface area contributed by atoms with Crippen LogP contribution in [0.15, 0.2) is 30.3 Å². The van der Waals surface area contributed by atoms with E-state index in [0.717, 1.165) is 13.1 Å². The molecule has 0 aliphatic carbocycles. The molecule has 0 saturated carbocycles. The molecule has 90 valence electrons. The summed E-state index contributed by atoms with van der Waals surface area (Å²) >= 11 is 0. The molecule has 4 heteroatoms. The van der Waals surface area contributed by atoms with Crippen LogP contribution >= 0.6 is 12.4 Å². The molecule has 0 amide bonds. The van der Waals surface area contributed by atoms with Crippen molar-refractivity contribution in [2.75, 3.05) is 26.4 Å². The lowest BCUT2D eigenvalue weighted by Gasteiger charge is -2.31. The van der Waals surface area contributed by atoms with Gasteiger partial charge in [0.2, 0.25) is 0 Å². The second kappa shape index (κ2) is 6.84. The molecule has 0 spiro atoms. The Morgan fingerprint density at radius 2 is 2.06 bits per heavy atom. The van der Waals surface area contributed by atoms with E-state index in [1.165, 1.54) is 5.56 Å². The van der Waals surface area contributed by atoms with Crippen LogP contribution in [0, 0.1) is 0 Å².